The predicted octanol–water partition coefficient (Wildman–Crippen LogP) is 6.67. The molecule has 0 fully saturated rings. The Morgan fingerprint density at radius 3 is 2.05 bits per heavy atom. The number of hydrogen-bond donors (Lipinski definition) is 3. The Morgan fingerprint density at radius 2 is 1.39 bits per heavy atom. The minimum atomic E-state index is -4.57. The average Bonchev–Trinajstić information content (AvgIpc) is 2.93. The van der Waals surface area contributed by atoms with Crippen molar-refractivity contribution in [3.63, 3.8) is 0 Å². The zero-order valence-corrected chi connectivity index (χ0v) is 22.7. The monoisotopic (exact) mass is 603 g/mol. The number of ether oxygens (including phenoxy) is 1. The third kappa shape index (κ3) is 7.16. The number of benzene rings is 4. The highest BCUT2D eigenvalue weighted by Gasteiger charge is 2.30. The Kier molecular flexibility index (Phi) is 8.55. The van der Waals surface area contributed by atoms with Gasteiger partial charge in [-0.25, -0.2) is 8.42 Å². The zero-order chi connectivity index (χ0) is 29.8. The fourth-order valence-corrected chi connectivity index (χ4v) is 5.29. The van der Waals surface area contributed by atoms with Crippen LogP contribution in [0.2, 0.25) is 5.02 Å². The minimum absolute atomic E-state index is 0.0476. The largest absolute Gasteiger partial charge is 0.495 e. The van der Waals surface area contributed by atoms with Crippen LogP contribution in [0.3, 0.4) is 0 Å². The zero-order valence-electron chi connectivity index (χ0n) is 21.1. The van der Waals surface area contributed by atoms with Gasteiger partial charge in [-0.3, -0.25) is 14.3 Å². The highest BCUT2D eigenvalue weighted by molar-refractivity contribution is 7.92. The molecule has 0 heterocycles. The molecule has 4 aromatic rings. The molecule has 0 radical (unpaired) electrons. The quantitative estimate of drug-likeness (QED) is 0.208. The second-order valence-corrected chi connectivity index (χ2v) is 10.6. The molecule has 0 aliphatic rings. The van der Waals surface area contributed by atoms with E-state index in [0.29, 0.717) is 0 Å². The molecule has 4 aromatic carbocycles. The molecule has 3 N–H and O–H groups in total. The molecular weight excluding hydrogens is 583 g/mol. The van der Waals surface area contributed by atoms with Crippen molar-refractivity contribution in [1.29, 1.82) is 0 Å². The standard InChI is InChI=1S/C28H21ClF3N3O5S/c1-40-24-11-3-2-10-23(24)35-41(38,39)25-15-18(12-13-22(25)29)27(37)33-20-8-4-6-17(14-20)26(36)34-21-9-5-7-19(16-21)28(30,31)32/h2-16,35H,1H3,(H,33,37)(H,34,36). The Labute approximate surface area is 238 Å². The average molecular weight is 604 g/mol. The van der Waals surface area contributed by atoms with Gasteiger partial charge in [0.1, 0.15) is 10.6 Å². The van der Waals surface area contributed by atoms with Gasteiger partial charge in [0.25, 0.3) is 21.8 Å². The minimum Gasteiger partial charge on any atom is -0.495 e. The highest BCUT2D eigenvalue weighted by atomic mass is 35.5. The second-order valence-electron chi connectivity index (χ2n) is 8.52. The van der Waals surface area contributed by atoms with Crippen molar-refractivity contribution < 1.29 is 35.9 Å². The van der Waals surface area contributed by atoms with Gasteiger partial charge < -0.3 is 15.4 Å². The lowest BCUT2D eigenvalue weighted by atomic mass is 10.1. The molecule has 4 rings (SSSR count). The van der Waals surface area contributed by atoms with Crippen LogP contribution in [-0.2, 0) is 16.2 Å². The summed E-state index contributed by atoms with van der Waals surface area (Å²) >= 11 is 6.15. The molecule has 8 nitrogen and oxygen atoms in total. The third-order valence-corrected chi connectivity index (χ3v) is 7.51. The van der Waals surface area contributed by atoms with Crippen LogP contribution < -0.4 is 20.1 Å². The number of alkyl halides is 3. The first-order valence-electron chi connectivity index (χ1n) is 11.7. The van der Waals surface area contributed by atoms with Gasteiger partial charge in [0.15, 0.2) is 0 Å². The summed E-state index contributed by atoms with van der Waals surface area (Å²) in [5.74, 6) is -1.13. The lowest BCUT2D eigenvalue weighted by molar-refractivity contribution is -0.137. The van der Waals surface area contributed by atoms with E-state index in [2.05, 4.69) is 15.4 Å². The molecule has 13 heteroatoms. The SMILES string of the molecule is COc1ccccc1NS(=O)(=O)c1cc(C(=O)Nc2cccc(C(=O)Nc3cccc(C(F)(F)F)c3)c2)ccc1Cl. The van der Waals surface area contributed by atoms with Crippen LogP contribution in [0.4, 0.5) is 30.2 Å². The van der Waals surface area contributed by atoms with Crippen LogP contribution in [0.15, 0.2) is 95.9 Å². The number of carbonyl (C=O) groups excluding carboxylic acids is 2. The Morgan fingerprint density at radius 1 is 0.780 bits per heavy atom. The van der Waals surface area contributed by atoms with E-state index in [9.17, 15) is 31.2 Å². The number of hydrogen-bond acceptors (Lipinski definition) is 5. The van der Waals surface area contributed by atoms with Gasteiger partial charge >= 0.3 is 6.18 Å². The van der Waals surface area contributed by atoms with Crippen LogP contribution >= 0.6 is 11.6 Å². The number of amides is 2. The Balaban J connectivity index is 1.51. The van der Waals surface area contributed by atoms with Crippen molar-refractivity contribution in [3.8, 4) is 5.75 Å². The molecule has 0 saturated heterocycles. The molecule has 0 aromatic heterocycles. The molecule has 0 spiro atoms. The van der Waals surface area contributed by atoms with Gasteiger partial charge in [0, 0.05) is 22.5 Å². The van der Waals surface area contributed by atoms with E-state index in [4.69, 9.17) is 16.3 Å². The first-order chi connectivity index (χ1) is 19.4. The van der Waals surface area contributed by atoms with Crippen LogP contribution in [0.1, 0.15) is 26.3 Å². The Hall–Kier alpha value is -4.55. The van der Waals surface area contributed by atoms with Gasteiger partial charge in [-0.05, 0) is 66.7 Å². The van der Waals surface area contributed by atoms with E-state index in [-0.39, 0.29) is 43.9 Å². The molecule has 0 aliphatic carbocycles. The summed E-state index contributed by atoms with van der Waals surface area (Å²) in [6.45, 7) is 0. The molecule has 0 unspecified atom stereocenters. The summed E-state index contributed by atoms with van der Waals surface area (Å²) in [6, 6.07) is 19.9. The van der Waals surface area contributed by atoms with Crippen molar-refractivity contribution in [1.82, 2.24) is 0 Å². The number of para-hydroxylation sites is 2. The number of nitrogens with one attached hydrogen (secondary N) is 3. The lowest BCUT2D eigenvalue weighted by Gasteiger charge is -2.14. The summed E-state index contributed by atoms with van der Waals surface area (Å²) in [6.07, 6.45) is -4.57. The van der Waals surface area contributed by atoms with E-state index < -0.39 is 33.6 Å². The van der Waals surface area contributed by atoms with E-state index in [0.717, 1.165) is 18.2 Å². The molecular formula is C28H21ClF3N3O5S. The van der Waals surface area contributed by atoms with E-state index in [1.807, 2.05) is 0 Å². The van der Waals surface area contributed by atoms with Crippen LogP contribution in [0.5, 0.6) is 5.75 Å². The lowest BCUT2D eigenvalue weighted by Crippen LogP contribution is -2.17. The summed E-state index contributed by atoms with van der Waals surface area (Å²) in [4.78, 5) is 25.3. The third-order valence-electron chi connectivity index (χ3n) is 5.66. The Bertz CT molecular complexity index is 1730. The summed E-state index contributed by atoms with van der Waals surface area (Å²) < 4.78 is 72.7. The van der Waals surface area contributed by atoms with Crippen molar-refractivity contribution in [2.45, 2.75) is 11.1 Å². The summed E-state index contributed by atoms with van der Waals surface area (Å²) in [7, 11) is -2.85. The maximum Gasteiger partial charge on any atom is 0.416 e. The van der Waals surface area contributed by atoms with Crippen LogP contribution in [0, 0.1) is 0 Å². The van der Waals surface area contributed by atoms with Crippen LogP contribution in [-0.4, -0.2) is 27.3 Å². The molecule has 2 amide bonds. The number of methoxy groups -OCH3 is 1. The number of rotatable bonds is 8. The van der Waals surface area contributed by atoms with Crippen molar-refractivity contribution in [2.24, 2.45) is 0 Å². The maximum atomic E-state index is 13.1. The molecule has 212 valence electrons. The second kappa shape index (κ2) is 11.9. The van der Waals surface area contributed by atoms with Crippen molar-refractivity contribution in [3.05, 3.63) is 113 Å². The fourth-order valence-electron chi connectivity index (χ4n) is 3.70. The highest BCUT2D eigenvalue weighted by Crippen LogP contribution is 2.31. The summed E-state index contributed by atoms with van der Waals surface area (Å²) in [5.41, 5.74) is -0.622. The number of sulfonamides is 1. The molecule has 0 atom stereocenters. The summed E-state index contributed by atoms with van der Waals surface area (Å²) in [5, 5.41) is 4.83. The molecule has 0 aliphatic heterocycles. The van der Waals surface area contributed by atoms with Crippen molar-refractivity contribution in [2.75, 3.05) is 22.5 Å². The molecule has 41 heavy (non-hydrogen) atoms. The van der Waals surface area contributed by atoms with Gasteiger partial charge in [0.2, 0.25) is 0 Å². The normalized spacial score (nSPS) is 11.4. The fraction of sp³-hybridized carbons (Fsp3) is 0.0714. The smallest absolute Gasteiger partial charge is 0.416 e. The van der Waals surface area contributed by atoms with E-state index >= 15 is 0 Å². The first-order valence-corrected chi connectivity index (χ1v) is 13.6. The van der Waals surface area contributed by atoms with E-state index in [1.54, 1.807) is 18.2 Å². The predicted molar refractivity (Wildman–Crippen MR) is 149 cm³/mol. The van der Waals surface area contributed by atoms with E-state index in [1.165, 1.54) is 61.7 Å². The molecule has 0 bridgehead atoms. The van der Waals surface area contributed by atoms with Gasteiger partial charge in [-0.1, -0.05) is 35.9 Å². The topological polar surface area (TPSA) is 114 Å². The number of halogens is 4. The van der Waals surface area contributed by atoms with Crippen molar-refractivity contribution >= 4 is 50.5 Å². The number of anilines is 3. The first kappa shape index (κ1) is 29.4. The van der Waals surface area contributed by atoms with Crippen LogP contribution in [0.25, 0.3) is 0 Å². The van der Waals surface area contributed by atoms with Gasteiger partial charge in [-0.2, -0.15) is 13.2 Å². The van der Waals surface area contributed by atoms with Gasteiger partial charge in [-0.15, -0.1) is 0 Å². The number of carbonyl (C=O) groups is 2. The maximum absolute atomic E-state index is 13.1. The molecule has 0 saturated carbocycles. The van der Waals surface area contributed by atoms with Gasteiger partial charge in [0.05, 0.1) is 23.4 Å².